The minimum Gasteiger partial charge on any atom is -0.479 e. The van der Waals surface area contributed by atoms with Crippen molar-refractivity contribution in [2.45, 2.75) is 40.0 Å². The topological polar surface area (TPSA) is 64.4 Å². The van der Waals surface area contributed by atoms with Crippen LogP contribution in [-0.2, 0) is 22.7 Å². The van der Waals surface area contributed by atoms with Gasteiger partial charge < -0.3 is 9.84 Å². The van der Waals surface area contributed by atoms with Gasteiger partial charge in [-0.2, -0.15) is 5.10 Å². The maximum Gasteiger partial charge on any atom is 0.332 e. The normalized spacial score (nSPS) is 12.8. The first-order chi connectivity index (χ1) is 7.47. The van der Waals surface area contributed by atoms with Crippen LogP contribution in [0.3, 0.4) is 0 Å². The van der Waals surface area contributed by atoms with E-state index in [1.54, 1.807) is 4.68 Å². The molecule has 1 atom stereocenters. The molecule has 0 aliphatic heterocycles. The molecule has 0 aliphatic carbocycles. The molecular weight excluding hydrogens is 276 g/mol. The minimum atomic E-state index is -0.963. The second-order valence-electron chi connectivity index (χ2n) is 3.45. The summed E-state index contributed by atoms with van der Waals surface area (Å²) in [7, 11) is 0. The fourth-order valence-corrected chi connectivity index (χ4v) is 1.68. The summed E-state index contributed by atoms with van der Waals surface area (Å²) in [6, 6.07) is 0. The van der Waals surface area contributed by atoms with Gasteiger partial charge in [0.1, 0.15) is 0 Å². The molecule has 5 nitrogen and oxygen atoms in total. The second kappa shape index (κ2) is 5.45. The number of ether oxygens (including phenoxy) is 1. The van der Waals surface area contributed by atoms with Crippen LogP contribution in [0, 0.1) is 6.92 Å². The van der Waals surface area contributed by atoms with Gasteiger partial charge in [0.15, 0.2) is 6.10 Å². The lowest BCUT2D eigenvalue weighted by atomic mass is 10.3. The zero-order valence-corrected chi connectivity index (χ0v) is 11.1. The number of carbonyl (C=O) groups is 1. The first-order valence-corrected chi connectivity index (χ1v) is 5.82. The molecule has 16 heavy (non-hydrogen) atoms. The first kappa shape index (κ1) is 13.2. The number of carboxylic acids is 1. The van der Waals surface area contributed by atoms with Crippen LogP contribution in [0.25, 0.3) is 0 Å². The Bertz CT molecular complexity index is 390. The van der Waals surface area contributed by atoms with Crippen LogP contribution < -0.4 is 0 Å². The first-order valence-electron chi connectivity index (χ1n) is 5.03. The van der Waals surface area contributed by atoms with Crippen LogP contribution in [0.15, 0.2) is 4.47 Å². The van der Waals surface area contributed by atoms with Crippen LogP contribution in [-0.4, -0.2) is 27.0 Å². The Balaban J connectivity index is 2.76. The van der Waals surface area contributed by atoms with Crippen molar-refractivity contribution in [1.82, 2.24) is 9.78 Å². The molecule has 1 aromatic rings. The lowest BCUT2D eigenvalue weighted by molar-refractivity contribution is -0.150. The number of hydrogen-bond acceptors (Lipinski definition) is 3. The highest BCUT2D eigenvalue weighted by atomic mass is 79.9. The molecule has 0 radical (unpaired) electrons. The van der Waals surface area contributed by atoms with Gasteiger partial charge in [-0.3, -0.25) is 4.68 Å². The van der Waals surface area contributed by atoms with E-state index in [-0.39, 0.29) is 6.61 Å². The van der Waals surface area contributed by atoms with Gasteiger partial charge in [-0.1, -0.05) is 0 Å². The van der Waals surface area contributed by atoms with Crippen molar-refractivity contribution >= 4 is 21.9 Å². The highest BCUT2D eigenvalue weighted by Gasteiger charge is 2.16. The van der Waals surface area contributed by atoms with E-state index in [2.05, 4.69) is 21.0 Å². The van der Waals surface area contributed by atoms with E-state index >= 15 is 0 Å². The maximum atomic E-state index is 10.6. The summed E-state index contributed by atoms with van der Waals surface area (Å²) in [6.07, 6.45) is -0.813. The molecule has 0 spiro atoms. The molecule has 0 aliphatic rings. The van der Waals surface area contributed by atoms with Gasteiger partial charge in [0.25, 0.3) is 0 Å². The third-order valence-corrected chi connectivity index (χ3v) is 3.30. The number of aliphatic carboxylic acids is 1. The van der Waals surface area contributed by atoms with Crippen molar-refractivity contribution in [3.8, 4) is 0 Å². The number of aromatic nitrogens is 2. The molecule has 0 aromatic carbocycles. The van der Waals surface area contributed by atoms with E-state index in [4.69, 9.17) is 9.84 Å². The van der Waals surface area contributed by atoms with Crippen molar-refractivity contribution in [1.29, 1.82) is 0 Å². The van der Waals surface area contributed by atoms with E-state index < -0.39 is 12.1 Å². The zero-order valence-electron chi connectivity index (χ0n) is 9.53. The fraction of sp³-hybridized carbons (Fsp3) is 0.600. The number of hydrogen-bond donors (Lipinski definition) is 1. The summed E-state index contributed by atoms with van der Waals surface area (Å²) in [5, 5.41) is 13.0. The third-order valence-electron chi connectivity index (χ3n) is 2.27. The predicted molar refractivity (Wildman–Crippen MR) is 62.2 cm³/mol. The molecule has 0 fully saturated rings. The quantitative estimate of drug-likeness (QED) is 0.900. The predicted octanol–water partition coefficient (Wildman–Crippen LogP) is 1.96. The molecule has 1 rings (SSSR count). The molecule has 90 valence electrons. The average Bonchev–Trinajstić information content (AvgIpc) is 2.51. The third kappa shape index (κ3) is 2.82. The average molecular weight is 291 g/mol. The van der Waals surface area contributed by atoms with Gasteiger partial charge in [0.05, 0.1) is 22.5 Å². The Hall–Kier alpha value is -0.880. The minimum absolute atomic E-state index is 0.239. The molecular formula is C10H15BrN2O3. The lowest BCUT2D eigenvalue weighted by Crippen LogP contribution is -2.20. The monoisotopic (exact) mass is 290 g/mol. The largest absolute Gasteiger partial charge is 0.479 e. The van der Waals surface area contributed by atoms with Crippen LogP contribution in [0.2, 0.25) is 0 Å². The Kier molecular flexibility index (Phi) is 4.49. The van der Waals surface area contributed by atoms with Gasteiger partial charge in [0.2, 0.25) is 0 Å². The molecule has 1 N–H and O–H groups in total. The van der Waals surface area contributed by atoms with Crippen molar-refractivity contribution in [2.75, 3.05) is 0 Å². The van der Waals surface area contributed by atoms with Crippen LogP contribution in [0.5, 0.6) is 0 Å². The molecule has 0 bridgehead atoms. The fourth-order valence-electron chi connectivity index (χ4n) is 1.28. The number of halogens is 1. The molecule has 6 heteroatoms. The van der Waals surface area contributed by atoms with Gasteiger partial charge in [-0.05, 0) is 36.7 Å². The van der Waals surface area contributed by atoms with Crippen LogP contribution in [0.1, 0.15) is 25.2 Å². The molecule has 0 saturated carbocycles. The smallest absolute Gasteiger partial charge is 0.332 e. The van der Waals surface area contributed by atoms with Gasteiger partial charge >= 0.3 is 5.97 Å². The summed E-state index contributed by atoms with van der Waals surface area (Å²) >= 11 is 3.42. The van der Waals surface area contributed by atoms with Gasteiger partial charge in [-0.15, -0.1) is 0 Å². The van der Waals surface area contributed by atoms with E-state index in [9.17, 15) is 4.79 Å². The molecule has 1 heterocycles. The number of nitrogens with zero attached hydrogens (tertiary/aromatic N) is 2. The summed E-state index contributed by atoms with van der Waals surface area (Å²) in [5.74, 6) is -0.963. The van der Waals surface area contributed by atoms with E-state index in [1.807, 2.05) is 13.8 Å². The maximum absolute atomic E-state index is 10.6. The number of rotatable bonds is 5. The summed E-state index contributed by atoms with van der Waals surface area (Å²) in [5.41, 5.74) is 1.75. The van der Waals surface area contributed by atoms with E-state index in [0.29, 0.717) is 0 Å². The van der Waals surface area contributed by atoms with Crippen molar-refractivity contribution in [3.05, 3.63) is 15.9 Å². The SMILES string of the molecule is CCn1nc(C)c(Br)c1CO[C@H](C)C(=O)O. The molecule has 0 saturated heterocycles. The lowest BCUT2D eigenvalue weighted by Gasteiger charge is -2.09. The van der Waals surface area contributed by atoms with E-state index in [1.165, 1.54) is 6.92 Å². The molecule has 0 amide bonds. The highest BCUT2D eigenvalue weighted by molar-refractivity contribution is 9.10. The van der Waals surface area contributed by atoms with Crippen molar-refractivity contribution < 1.29 is 14.6 Å². The zero-order chi connectivity index (χ0) is 12.3. The number of carboxylic acid groups (broad SMARTS) is 1. The molecule has 1 aromatic heterocycles. The standard InChI is InChI=1S/C10H15BrN2O3/c1-4-13-8(9(11)6(2)12-13)5-16-7(3)10(14)15/h7H,4-5H2,1-3H3,(H,14,15)/t7-/m1/s1. The Morgan fingerprint density at radius 3 is 2.81 bits per heavy atom. The van der Waals surface area contributed by atoms with Crippen LogP contribution in [0.4, 0.5) is 0 Å². The summed E-state index contributed by atoms with van der Waals surface area (Å²) in [4.78, 5) is 10.6. The van der Waals surface area contributed by atoms with Gasteiger partial charge in [0, 0.05) is 6.54 Å². The van der Waals surface area contributed by atoms with Crippen LogP contribution >= 0.6 is 15.9 Å². The Morgan fingerprint density at radius 1 is 1.69 bits per heavy atom. The van der Waals surface area contributed by atoms with Gasteiger partial charge in [-0.25, -0.2) is 4.79 Å². The Morgan fingerprint density at radius 2 is 2.31 bits per heavy atom. The highest BCUT2D eigenvalue weighted by Crippen LogP contribution is 2.22. The molecule has 0 unspecified atom stereocenters. The number of aryl methyl sites for hydroxylation is 2. The van der Waals surface area contributed by atoms with Crippen molar-refractivity contribution in [2.24, 2.45) is 0 Å². The summed E-state index contributed by atoms with van der Waals surface area (Å²) < 4.78 is 7.92. The van der Waals surface area contributed by atoms with E-state index in [0.717, 1.165) is 22.4 Å². The summed E-state index contributed by atoms with van der Waals surface area (Å²) in [6.45, 7) is 6.34. The van der Waals surface area contributed by atoms with Crippen molar-refractivity contribution in [3.63, 3.8) is 0 Å². The Labute approximate surface area is 103 Å². The second-order valence-corrected chi connectivity index (χ2v) is 4.25.